The summed E-state index contributed by atoms with van der Waals surface area (Å²) in [5.74, 6) is -0.768. The van der Waals surface area contributed by atoms with Crippen molar-refractivity contribution in [2.24, 2.45) is 0 Å². The summed E-state index contributed by atoms with van der Waals surface area (Å²) >= 11 is 0. The average Bonchev–Trinajstić information content (AvgIpc) is 2.87. The zero-order chi connectivity index (χ0) is 25.4. The Hall–Kier alpha value is -3.65. The Labute approximate surface area is 207 Å². The van der Waals surface area contributed by atoms with Crippen LogP contribution in [0.25, 0.3) is 0 Å². The third-order valence-electron chi connectivity index (χ3n) is 5.73. The lowest BCUT2D eigenvalue weighted by Crippen LogP contribution is -2.51. The quantitative estimate of drug-likeness (QED) is 0.466. The summed E-state index contributed by atoms with van der Waals surface area (Å²) in [5, 5.41) is 2.62. The van der Waals surface area contributed by atoms with Crippen LogP contribution in [0.3, 0.4) is 0 Å². The Morgan fingerprint density at radius 2 is 1.54 bits per heavy atom. The van der Waals surface area contributed by atoms with Gasteiger partial charge in [-0.05, 0) is 48.7 Å². The maximum absolute atomic E-state index is 13.8. The van der Waals surface area contributed by atoms with E-state index in [0.717, 1.165) is 15.4 Å². The van der Waals surface area contributed by atoms with Crippen molar-refractivity contribution in [2.75, 3.05) is 17.9 Å². The van der Waals surface area contributed by atoms with Gasteiger partial charge >= 0.3 is 0 Å². The van der Waals surface area contributed by atoms with E-state index in [0.29, 0.717) is 12.1 Å². The minimum absolute atomic E-state index is 0.0854. The van der Waals surface area contributed by atoms with Crippen LogP contribution in [0.4, 0.5) is 5.69 Å². The van der Waals surface area contributed by atoms with Crippen molar-refractivity contribution in [3.8, 4) is 0 Å². The molecule has 0 aliphatic carbocycles. The molecule has 7 nitrogen and oxygen atoms in total. The molecular weight excluding hydrogens is 462 g/mol. The van der Waals surface area contributed by atoms with Crippen molar-refractivity contribution in [3.05, 3.63) is 96.1 Å². The first-order valence-electron chi connectivity index (χ1n) is 11.5. The van der Waals surface area contributed by atoms with Crippen LogP contribution in [0.15, 0.2) is 89.8 Å². The second kappa shape index (κ2) is 11.7. The highest BCUT2D eigenvalue weighted by Crippen LogP contribution is 2.25. The Balaban J connectivity index is 2.04. The number of nitrogens with one attached hydrogen (secondary N) is 1. The lowest BCUT2D eigenvalue weighted by atomic mass is 10.1. The Bertz CT molecular complexity index is 1250. The van der Waals surface area contributed by atoms with Gasteiger partial charge in [-0.2, -0.15) is 0 Å². The van der Waals surface area contributed by atoms with Crippen molar-refractivity contribution in [1.29, 1.82) is 0 Å². The van der Waals surface area contributed by atoms with Crippen LogP contribution in [0.2, 0.25) is 0 Å². The van der Waals surface area contributed by atoms with Crippen LogP contribution in [-0.4, -0.2) is 44.8 Å². The van der Waals surface area contributed by atoms with E-state index >= 15 is 0 Å². The van der Waals surface area contributed by atoms with E-state index < -0.39 is 28.5 Å². The summed E-state index contributed by atoms with van der Waals surface area (Å²) in [4.78, 5) is 28.0. The zero-order valence-electron chi connectivity index (χ0n) is 20.2. The molecule has 0 aliphatic rings. The van der Waals surface area contributed by atoms with E-state index in [-0.39, 0.29) is 17.3 Å². The predicted octanol–water partition coefficient (Wildman–Crippen LogP) is 3.74. The maximum atomic E-state index is 13.8. The largest absolute Gasteiger partial charge is 0.357 e. The Morgan fingerprint density at radius 1 is 0.914 bits per heavy atom. The lowest BCUT2D eigenvalue weighted by Gasteiger charge is -2.33. The highest BCUT2D eigenvalue weighted by atomic mass is 32.2. The summed E-state index contributed by atoms with van der Waals surface area (Å²) in [7, 11) is -2.52. The highest BCUT2D eigenvalue weighted by molar-refractivity contribution is 7.92. The van der Waals surface area contributed by atoms with Crippen LogP contribution >= 0.6 is 0 Å². The molecule has 0 saturated heterocycles. The molecule has 0 spiro atoms. The second-order valence-electron chi connectivity index (χ2n) is 8.21. The van der Waals surface area contributed by atoms with Gasteiger partial charge in [-0.25, -0.2) is 8.42 Å². The van der Waals surface area contributed by atoms with Gasteiger partial charge in [0.25, 0.3) is 10.0 Å². The van der Waals surface area contributed by atoms with Crippen LogP contribution < -0.4 is 9.62 Å². The molecule has 35 heavy (non-hydrogen) atoms. The first kappa shape index (κ1) is 26.0. The van der Waals surface area contributed by atoms with Gasteiger partial charge in [0.05, 0.1) is 10.6 Å². The number of benzene rings is 3. The molecule has 8 heteroatoms. The first-order chi connectivity index (χ1) is 16.8. The van der Waals surface area contributed by atoms with Crippen molar-refractivity contribution >= 4 is 27.5 Å². The van der Waals surface area contributed by atoms with E-state index in [2.05, 4.69) is 5.32 Å². The van der Waals surface area contributed by atoms with E-state index in [1.165, 1.54) is 24.1 Å². The number of carbonyl (C=O) groups is 2. The lowest BCUT2D eigenvalue weighted by molar-refractivity contribution is -0.140. The number of likely N-dealkylation sites (N-methyl/N-ethyl adjacent to an activating group) is 1. The predicted molar refractivity (Wildman–Crippen MR) is 137 cm³/mol. The van der Waals surface area contributed by atoms with Crippen LogP contribution in [0.1, 0.15) is 24.5 Å². The topological polar surface area (TPSA) is 86.8 Å². The van der Waals surface area contributed by atoms with Crippen molar-refractivity contribution in [3.63, 3.8) is 0 Å². The van der Waals surface area contributed by atoms with Crippen molar-refractivity contribution in [2.45, 2.75) is 37.8 Å². The molecule has 2 amide bonds. The fraction of sp³-hybridized carbons (Fsp3) is 0.259. The molecule has 1 unspecified atom stereocenters. The van der Waals surface area contributed by atoms with Gasteiger partial charge in [0.1, 0.15) is 12.6 Å². The van der Waals surface area contributed by atoms with Crippen LogP contribution in [-0.2, 0) is 26.2 Å². The van der Waals surface area contributed by atoms with E-state index in [1.54, 1.807) is 36.4 Å². The second-order valence-corrected chi connectivity index (χ2v) is 10.1. The molecule has 3 aromatic carbocycles. The number of amides is 2. The molecule has 3 aromatic rings. The number of carbonyl (C=O) groups excluding carboxylic acids is 2. The fourth-order valence-electron chi connectivity index (χ4n) is 3.90. The Kier molecular flexibility index (Phi) is 8.65. The van der Waals surface area contributed by atoms with Gasteiger partial charge in [0, 0.05) is 13.6 Å². The van der Waals surface area contributed by atoms with Gasteiger partial charge in [-0.15, -0.1) is 0 Å². The number of aryl methyl sites for hydroxylation is 1. The minimum Gasteiger partial charge on any atom is -0.357 e. The number of sulfonamides is 1. The van der Waals surface area contributed by atoms with E-state index in [4.69, 9.17) is 0 Å². The maximum Gasteiger partial charge on any atom is 0.264 e. The molecule has 1 N–H and O–H groups in total. The van der Waals surface area contributed by atoms with Crippen molar-refractivity contribution in [1.82, 2.24) is 10.2 Å². The molecule has 0 radical (unpaired) electrons. The average molecular weight is 494 g/mol. The standard InChI is InChI=1S/C27H31N3O4S/c1-4-25(27(32)28-3)29(19-22-13-7-5-8-14-22)26(31)20-30(23-15-11-12-21(2)18-23)35(33,34)24-16-9-6-10-17-24/h5-18,25H,4,19-20H2,1-3H3,(H,28,32). The minimum atomic E-state index is -4.05. The SMILES string of the molecule is CCC(C(=O)NC)N(Cc1ccccc1)C(=O)CN(c1cccc(C)c1)S(=O)(=O)c1ccccc1. The smallest absolute Gasteiger partial charge is 0.264 e. The molecule has 0 bridgehead atoms. The molecule has 0 heterocycles. The third kappa shape index (κ3) is 6.27. The summed E-state index contributed by atoms with van der Waals surface area (Å²) in [6.45, 7) is 3.42. The summed E-state index contributed by atoms with van der Waals surface area (Å²) in [6.07, 6.45) is 0.383. The molecular formula is C27H31N3O4S. The van der Waals surface area contributed by atoms with Gasteiger partial charge < -0.3 is 10.2 Å². The normalized spacial score (nSPS) is 12.0. The van der Waals surface area contributed by atoms with Gasteiger partial charge in [-0.1, -0.05) is 67.6 Å². The molecule has 0 fully saturated rings. The van der Waals surface area contributed by atoms with E-state index in [1.807, 2.05) is 50.2 Å². The number of anilines is 1. The van der Waals surface area contributed by atoms with E-state index in [9.17, 15) is 18.0 Å². The number of rotatable bonds is 10. The van der Waals surface area contributed by atoms with Gasteiger partial charge in [-0.3, -0.25) is 13.9 Å². The van der Waals surface area contributed by atoms with Crippen LogP contribution in [0.5, 0.6) is 0 Å². The summed E-state index contributed by atoms with van der Waals surface area (Å²) < 4.78 is 28.4. The fourth-order valence-corrected chi connectivity index (χ4v) is 5.32. The van der Waals surface area contributed by atoms with Crippen molar-refractivity contribution < 1.29 is 18.0 Å². The number of nitrogens with zero attached hydrogens (tertiary/aromatic N) is 2. The van der Waals surface area contributed by atoms with Gasteiger partial charge in [0.2, 0.25) is 11.8 Å². The highest BCUT2D eigenvalue weighted by Gasteiger charge is 2.33. The number of hydrogen-bond donors (Lipinski definition) is 1. The third-order valence-corrected chi connectivity index (χ3v) is 7.52. The zero-order valence-corrected chi connectivity index (χ0v) is 21.0. The number of hydrogen-bond acceptors (Lipinski definition) is 4. The van der Waals surface area contributed by atoms with Gasteiger partial charge in [0.15, 0.2) is 0 Å². The molecule has 3 rings (SSSR count). The summed E-state index contributed by atoms with van der Waals surface area (Å²) in [5.41, 5.74) is 2.09. The molecule has 0 aromatic heterocycles. The Morgan fingerprint density at radius 3 is 2.11 bits per heavy atom. The molecule has 184 valence electrons. The monoisotopic (exact) mass is 493 g/mol. The molecule has 1 atom stereocenters. The molecule has 0 aliphatic heterocycles. The molecule has 0 saturated carbocycles. The summed E-state index contributed by atoms with van der Waals surface area (Å²) in [6, 6.07) is 23.6. The van der Waals surface area contributed by atoms with Crippen LogP contribution in [0, 0.1) is 6.92 Å². The first-order valence-corrected chi connectivity index (χ1v) is 12.9.